The lowest BCUT2D eigenvalue weighted by atomic mass is 10.1. The van der Waals surface area contributed by atoms with E-state index in [4.69, 9.17) is 4.74 Å². The molecule has 0 amide bonds. The standard InChI is InChI=1S/C20H22N2O2/c1-22-14-17(16-8-4-5-9-18(16)22)19(23)13-21-12-11-15-7-3-6-10-20(15)24-2/h3-10,14,21H,11-13H2,1-2H3. The van der Waals surface area contributed by atoms with Crippen LogP contribution in [0.1, 0.15) is 15.9 Å². The predicted octanol–water partition coefficient (Wildman–Crippen LogP) is 3.20. The summed E-state index contributed by atoms with van der Waals surface area (Å²) in [6.07, 6.45) is 2.74. The van der Waals surface area contributed by atoms with Crippen LogP contribution >= 0.6 is 0 Å². The molecule has 0 saturated carbocycles. The van der Waals surface area contributed by atoms with Gasteiger partial charge in [-0.25, -0.2) is 0 Å². The van der Waals surface area contributed by atoms with E-state index in [1.807, 2.05) is 66.3 Å². The molecule has 0 fully saturated rings. The summed E-state index contributed by atoms with van der Waals surface area (Å²) < 4.78 is 7.34. The molecule has 0 saturated heterocycles. The smallest absolute Gasteiger partial charge is 0.178 e. The molecular formula is C20H22N2O2. The van der Waals surface area contributed by atoms with Crippen molar-refractivity contribution >= 4 is 16.7 Å². The Bertz CT molecular complexity index is 852. The monoisotopic (exact) mass is 322 g/mol. The van der Waals surface area contributed by atoms with Crippen molar-refractivity contribution in [2.24, 2.45) is 7.05 Å². The number of rotatable bonds is 7. The van der Waals surface area contributed by atoms with Gasteiger partial charge in [-0.2, -0.15) is 0 Å². The second-order valence-electron chi connectivity index (χ2n) is 5.83. The van der Waals surface area contributed by atoms with Crippen molar-refractivity contribution in [1.82, 2.24) is 9.88 Å². The van der Waals surface area contributed by atoms with Crippen LogP contribution < -0.4 is 10.1 Å². The van der Waals surface area contributed by atoms with Crippen molar-refractivity contribution in [2.75, 3.05) is 20.2 Å². The summed E-state index contributed by atoms with van der Waals surface area (Å²) in [4.78, 5) is 12.5. The minimum Gasteiger partial charge on any atom is -0.496 e. The van der Waals surface area contributed by atoms with Gasteiger partial charge in [-0.3, -0.25) is 4.79 Å². The number of ketones is 1. The number of aromatic nitrogens is 1. The van der Waals surface area contributed by atoms with Crippen LogP contribution in [-0.2, 0) is 13.5 Å². The number of methoxy groups -OCH3 is 1. The number of carbonyl (C=O) groups is 1. The van der Waals surface area contributed by atoms with Crippen LogP contribution in [0.15, 0.2) is 54.7 Å². The quantitative estimate of drug-likeness (QED) is 0.536. The average molecular weight is 322 g/mol. The van der Waals surface area contributed by atoms with Gasteiger partial charge in [0.25, 0.3) is 0 Å². The van der Waals surface area contributed by atoms with Gasteiger partial charge < -0.3 is 14.6 Å². The maximum atomic E-state index is 12.5. The van der Waals surface area contributed by atoms with Gasteiger partial charge in [-0.1, -0.05) is 36.4 Å². The second-order valence-corrected chi connectivity index (χ2v) is 5.83. The summed E-state index contributed by atoms with van der Waals surface area (Å²) in [7, 11) is 3.64. The molecule has 0 aliphatic carbocycles. The number of Topliss-reactive ketones (excluding diaryl/α,β-unsaturated/α-hetero) is 1. The van der Waals surface area contributed by atoms with Gasteiger partial charge in [-0.05, 0) is 30.7 Å². The Balaban J connectivity index is 1.59. The highest BCUT2D eigenvalue weighted by Crippen LogP contribution is 2.20. The molecule has 0 aliphatic heterocycles. The Labute approximate surface area is 142 Å². The topological polar surface area (TPSA) is 43.3 Å². The molecule has 124 valence electrons. The average Bonchev–Trinajstić information content (AvgIpc) is 2.96. The van der Waals surface area contributed by atoms with E-state index in [1.54, 1.807) is 7.11 Å². The molecule has 4 heteroatoms. The van der Waals surface area contributed by atoms with E-state index in [1.165, 1.54) is 0 Å². The van der Waals surface area contributed by atoms with Gasteiger partial charge in [0, 0.05) is 29.7 Å². The number of ether oxygens (including phenoxy) is 1. The van der Waals surface area contributed by atoms with E-state index in [9.17, 15) is 4.79 Å². The first-order valence-electron chi connectivity index (χ1n) is 8.10. The fraction of sp³-hybridized carbons (Fsp3) is 0.250. The van der Waals surface area contributed by atoms with Gasteiger partial charge in [0.05, 0.1) is 13.7 Å². The highest BCUT2D eigenvalue weighted by molar-refractivity contribution is 6.09. The van der Waals surface area contributed by atoms with Gasteiger partial charge in [-0.15, -0.1) is 0 Å². The summed E-state index contributed by atoms with van der Waals surface area (Å²) in [5, 5.41) is 4.25. The summed E-state index contributed by atoms with van der Waals surface area (Å²) in [6, 6.07) is 15.9. The SMILES string of the molecule is COc1ccccc1CCNCC(=O)c1cn(C)c2ccccc12. The number of aryl methyl sites for hydroxylation is 1. The summed E-state index contributed by atoms with van der Waals surface area (Å²) in [6.45, 7) is 1.07. The van der Waals surface area contributed by atoms with Crippen LogP contribution in [0.3, 0.4) is 0 Å². The fourth-order valence-electron chi connectivity index (χ4n) is 2.99. The van der Waals surface area contributed by atoms with Crippen LogP contribution in [0.4, 0.5) is 0 Å². The molecular weight excluding hydrogens is 300 g/mol. The third-order valence-corrected chi connectivity index (χ3v) is 4.25. The van der Waals surface area contributed by atoms with Crippen LogP contribution in [0.2, 0.25) is 0 Å². The Morgan fingerprint density at radius 1 is 1.12 bits per heavy atom. The van der Waals surface area contributed by atoms with Crippen LogP contribution in [0.25, 0.3) is 10.9 Å². The maximum absolute atomic E-state index is 12.5. The third-order valence-electron chi connectivity index (χ3n) is 4.25. The normalized spacial score (nSPS) is 10.9. The van der Waals surface area contributed by atoms with Crippen molar-refractivity contribution < 1.29 is 9.53 Å². The Kier molecular flexibility index (Phi) is 4.96. The molecule has 0 bridgehead atoms. The number of nitrogens with one attached hydrogen (secondary N) is 1. The molecule has 4 nitrogen and oxygen atoms in total. The van der Waals surface area contributed by atoms with Crippen LogP contribution in [0.5, 0.6) is 5.75 Å². The van der Waals surface area contributed by atoms with Gasteiger partial charge in [0.1, 0.15) is 5.75 Å². The Morgan fingerprint density at radius 3 is 2.71 bits per heavy atom. The minimum atomic E-state index is 0.117. The van der Waals surface area contributed by atoms with Crippen molar-refractivity contribution in [3.05, 3.63) is 65.9 Å². The van der Waals surface area contributed by atoms with Gasteiger partial charge in [0.15, 0.2) is 5.78 Å². The van der Waals surface area contributed by atoms with Crippen molar-refractivity contribution in [3.8, 4) is 5.75 Å². The molecule has 3 rings (SSSR count). The summed E-state index contributed by atoms with van der Waals surface area (Å²) in [5.41, 5.74) is 3.00. The third kappa shape index (κ3) is 3.34. The zero-order chi connectivity index (χ0) is 16.9. The Hall–Kier alpha value is -2.59. The number of hydrogen-bond acceptors (Lipinski definition) is 3. The summed E-state index contributed by atoms with van der Waals surface area (Å²) >= 11 is 0. The number of hydrogen-bond donors (Lipinski definition) is 1. The molecule has 2 aromatic carbocycles. The number of carbonyl (C=O) groups excluding carboxylic acids is 1. The molecule has 0 unspecified atom stereocenters. The Morgan fingerprint density at radius 2 is 1.88 bits per heavy atom. The fourth-order valence-corrected chi connectivity index (χ4v) is 2.99. The van der Waals surface area contributed by atoms with Crippen LogP contribution in [0, 0.1) is 0 Å². The number of fused-ring (bicyclic) bond motifs is 1. The van der Waals surface area contributed by atoms with E-state index in [0.29, 0.717) is 6.54 Å². The predicted molar refractivity (Wildman–Crippen MR) is 96.8 cm³/mol. The zero-order valence-electron chi connectivity index (χ0n) is 14.1. The van der Waals surface area contributed by atoms with E-state index in [-0.39, 0.29) is 5.78 Å². The first kappa shape index (κ1) is 16.3. The molecule has 1 N–H and O–H groups in total. The molecule has 24 heavy (non-hydrogen) atoms. The highest BCUT2D eigenvalue weighted by atomic mass is 16.5. The summed E-state index contributed by atoms with van der Waals surface area (Å²) in [5.74, 6) is 1.01. The molecule has 0 aliphatic rings. The highest BCUT2D eigenvalue weighted by Gasteiger charge is 2.13. The molecule has 0 radical (unpaired) electrons. The number of benzene rings is 2. The molecule has 3 aromatic rings. The van der Waals surface area contributed by atoms with Gasteiger partial charge in [0.2, 0.25) is 0 Å². The molecule has 1 aromatic heterocycles. The van der Waals surface area contributed by atoms with Gasteiger partial charge >= 0.3 is 0 Å². The van der Waals surface area contributed by atoms with Crippen molar-refractivity contribution in [2.45, 2.75) is 6.42 Å². The molecule has 0 atom stereocenters. The molecule has 0 spiro atoms. The first-order valence-corrected chi connectivity index (χ1v) is 8.10. The lowest BCUT2D eigenvalue weighted by molar-refractivity contribution is 0.0993. The lowest BCUT2D eigenvalue weighted by Gasteiger charge is -2.08. The second kappa shape index (κ2) is 7.32. The maximum Gasteiger partial charge on any atom is 0.178 e. The minimum absolute atomic E-state index is 0.117. The van der Waals surface area contributed by atoms with E-state index >= 15 is 0 Å². The van der Waals surface area contributed by atoms with E-state index < -0.39 is 0 Å². The zero-order valence-corrected chi connectivity index (χ0v) is 14.1. The van der Waals surface area contributed by atoms with E-state index in [0.717, 1.165) is 40.7 Å². The largest absolute Gasteiger partial charge is 0.496 e. The lowest BCUT2D eigenvalue weighted by Crippen LogP contribution is -2.25. The van der Waals surface area contributed by atoms with Crippen LogP contribution in [-0.4, -0.2) is 30.5 Å². The van der Waals surface area contributed by atoms with Crippen molar-refractivity contribution in [1.29, 1.82) is 0 Å². The van der Waals surface area contributed by atoms with Crippen molar-refractivity contribution in [3.63, 3.8) is 0 Å². The molecule has 1 heterocycles. The van der Waals surface area contributed by atoms with E-state index in [2.05, 4.69) is 5.32 Å². The number of para-hydroxylation sites is 2. The number of nitrogens with zero attached hydrogens (tertiary/aromatic N) is 1. The first-order chi connectivity index (χ1) is 11.7.